The van der Waals surface area contributed by atoms with Gasteiger partial charge in [0, 0.05) is 18.5 Å². The number of para-hydroxylation sites is 1. The lowest BCUT2D eigenvalue weighted by molar-refractivity contribution is 0.420. The summed E-state index contributed by atoms with van der Waals surface area (Å²) in [5.41, 5.74) is 7.82. The average molecular weight is 266 g/mol. The summed E-state index contributed by atoms with van der Waals surface area (Å²) in [5, 5.41) is 0.753. The zero-order chi connectivity index (χ0) is 13.3. The first-order valence-corrected chi connectivity index (χ1v) is 6.80. The Morgan fingerprint density at radius 2 is 2.11 bits per heavy atom. The third-order valence-corrected chi connectivity index (χ3v) is 4.11. The first-order valence-electron chi connectivity index (χ1n) is 6.42. The maximum absolute atomic E-state index is 6.30. The molecule has 1 atom stereocenters. The van der Waals surface area contributed by atoms with Crippen LogP contribution in [0.4, 0.5) is 0 Å². The van der Waals surface area contributed by atoms with Gasteiger partial charge in [0.2, 0.25) is 0 Å². The molecule has 0 aliphatic carbocycles. The second-order valence-corrected chi connectivity index (χ2v) is 5.31. The topological polar surface area (TPSA) is 43.8 Å². The number of nitrogens with zero attached hydrogens (tertiary/aromatic N) is 2. The molecule has 2 aromatic rings. The van der Waals surface area contributed by atoms with Gasteiger partial charge in [0.05, 0.1) is 16.1 Å². The lowest BCUT2D eigenvalue weighted by atomic mass is 9.86. The molecular weight excluding hydrogens is 246 g/mol. The van der Waals surface area contributed by atoms with Crippen LogP contribution in [0.1, 0.15) is 33.0 Å². The number of hydrogen-bond donors (Lipinski definition) is 1. The maximum Gasteiger partial charge on any atom is 0.117 e. The molecule has 1 heterocycles. The maximum atomic E-state index is 6.30. The molecule has 18 heavy (non-hydrogen) atoms. The molecule has 1 aromatic carbocycles. The minimum absolute atomic E-state index is 0.0989. The van der Waals surface area contributed by atoms with E-state index in [2.05, 4.69) is 25.3 Å². The number of aryl methyl sites for hydroxylation is 1. The highest BCUT2D eigenvalue weighted by Crippen LogP contribution is 2.32. The number of halogens is 1. The highest BCUT2D eigenvalue weighted by Gasteiger charge is 2.29. The van der Waals surface area contributed by atoms with Crippen molar-refractivity contribution in [3.63, 3.8) is 0 Å². The molecule has 3 nitrogen and oxygen atoms in total. The highest BCUT2D eigenvalue weighted by molar-refractivity contribution is 6.35. The van der Waals surface area contributed by atoms with Crippen LogP contribution in [-0.2, 0) is 12.0 Å². The van der Waals surface area contributed by atoms with Crippen molar-refractivity contribution in [1.29, 1.82) is 0 Å². The minimum Gasteiger partial charge on any atom is -0.329 e. The molecule has 1 aromatic heterocycles. The van der Waals surface area contributed by atoms with Gasteiger partial charge < -0.3 is 10.3 Å². The monoisotopic (exact) mass is 265 g/mol. The van der Waals surface area contributed by atoms with E-state index >= 15 is 0 Å². The number of fused-ring (bicyclic) bond motifs is 1. The standard InChI is InChI=1S/C14H20ClN3/c1-4-14(3,9-16)13-17-11-8-6-7-10(15)12(11)18(13)5-2/h6-8H,4-5,9,16H2,1-3H3. The molecule has 98 valence electrons. The molecule has 0 aliphatic rings. The van der Waals surface area contributed by atoms with Crippen LogP contribution in [0.5, 0.6) is 0 Å². The lowest BCUT2D eigenvalue weighted by Gasteiger charge is -2.26. The van der Waals surface area contributed by atoms with Gasteiger partial charge in [-0.2, -0.15) is 0 Å². The van der Waals surface area contributed by atoms with E-state index in [1.165, 1.54) is 0 Å². The molecule has 0 radical (unpaired) electrons. The smallest absolute Gasteiger partial charge is 0.117 e. The predicted molar refractivity (Wildman–Crippen MR) is 77.1 cm³/mol. The summed E-state index contributed by atoms with van der Waals surface area (Å²) in [6.45, 7) is 7.86. The van der Waals surface area contributed by atoms with Gasteiger partial charge in [-0.3, -0.25) is 0 Å². The summed E-state index contributed by atoms with van der Waals surface area (Å²) in [6.07, 6.45) is 0.963. The van der Waals surface area contributed by atoms with Crippen LogP contribution in [0.25, 0.3) is 11.0 Å². The Labute approximate surface area is 113 Å². The Bertz CT molecular complexity index is 555. The van der Waals surface area contributed by atoms with Crippen molar-refractivity contribution in [3.05, 3.63) is 29.0 Å². The van der Waals surface area contributed by atoms with E-state index in [1.807, 2.05) is 18.2 Å². The van der Waals surface area contributed by atoms with Gasteiger partial charge in [0.1, 0.15) is 5.82 Å². The normalized spacial score (nSPS) is 14.9. The van der Waals surface area contributed by atoms with Crippen LogP contribution in [-0.4, -0.2) is 16.1 Å². The van der Waals surface area contributed by atoms with Crippen LogP contribution >= 0.6 is 11.6 Å². The highest BCUT2D eigenvalue weighted by atomic mass is 35.5. The summed E-state index contributed by atoms with van der Waals surface area (Å²) in [4.78, 5) is 4.76. The Kier molecular flexibility index (Phi) is 3.64. The van der Waals surface area contributed by atoms with Crippen molar-refractivity contribution in [3.8, 4) is 0 Å². The van der Waals surface area contributed by atoms with E-state index in [-0.39, 0.29) is 5.41 Å². The van der Waals surface area contributed by atoms with Crippen LogP contribution in [0.3, 0.4) is 0 Å². The number of hydrogen-bond acceptors (Lipinski definition) is 2. The Hall–Kier alpha value is -1.06. The van der Waals surface area contributed by atoms with Crippen molar-refractivity contribution in [2.75, 3.05) is 6.54 Å². The fourth-order valence-corrected chi connectivity index (χ4v) is 2.58. The van der Waals surface area contributed by atoms with Gasteiger partial charge in [-0.25, -0.2) is 4.98 Å². The molecule has 0 fully saturated rings. The molecule has 0 saturated heterocycles. The molecule has 0 bridgehead atoms. The van der Waals surface area contributed by atoms with E-state index in [0.29, 0.717) is 6.54 Å². The number of imidazole rings is 1. The molecule has 0 spiro atoms. The molecule has 2 N–H and O–H groups in total. The van der Waals surface area contributed by atoms with Gasteiger partial charge >= 0.3 is 0 Å². The van der Waals surface area contributed by atoms with Gasteiger partial charge in [0.15, 0.2) is 0 Å². The Balaban J connectivity index is 2.76. The van der Waals surface area contributed by atoms with Crippen LogP contribution in [0.15, 0.2) is 18.2 Å². The summed E-state index contributed by atoms with van der Waals surface area (Å²) >= 11 is 6.30. The van der Waals surface area contributed by atoms with Gasteiger partial charge in [-0.05, 0) is 25.5 Å². The first-order chi connectivity index (χ1) is 8.57. The van der Waals surface area contributed by atoms with E-state index in [4.69, 9.17) is 22.3 Å². The SMILES string of the molecule is CCn1c(C(C)(CC)CN)nc2cccc(Cl)c21. The number of benzene rings is 1. The van der Waals surface area contributed by atoms with E-state index in [0.717, 1.165) is 34.8 Å². The average Bonchev–Trinajstić information content (AvgIpc) is 2.78. The van der Waals surface area contributed by atoms with E-state index in [9.17, 15) is 0 Å². The fourth-order valence-electron chi connectivity index (χ4n) is 2.30. The summed E-state index contributed by atoms with van der Waals surface area (Å²) < 4.78 is 2.19. The van der Waals surface area contributed by atoms with Crippen molar-refractivity contribution in [1.82, 2.24) is 9.55 Å². The summed E-state index contributed by atoms with van der Waals surface area (Å²) in [6, 6.07) is 5.85. The Morgan fingerprint density at radius 1 is 1.39 bits per heavy atom. The van der Waals surface area contributed by atoms with Crippen molar-refractivity contribution in [2.45, 2.75) is 39.2 Å². The van der Waals surface area contributed by atoms with Crippen molar-refractivity contribution in [2.24, 2.45) is 5.73 Å². The number of rotatable bonds is 4. The molecule has 4 heteroatoms. The van der Waals surface area contributed by atoms with Crippen LogP contribution in [0, 0.1) is 0 Å². The third-order valence-electron chi connectivity index (χ3n) is 3.80. The molecular formula is C14H20ClN3. The third kappa shape index (κ3) is 1.91. The molecule has 0 saturated carbocycles. The molecule has 0 aliphatic heterocycles. The van der Waals surface area contributed by atoms with Crippen LogP contribution < -0.4 is 5.73 Å². The number of nitrogens with two attached hydrogens (primary N) is 1. The van der Waals surface area contributed by atoms with Crippen molar-refractivity contribution >= 4 is 22.6 Å². The second kappa shape index (κ2) is 4.90. The minimum atomic E-state index is -0.0989. The zero-order valence-electron chi connectivity index (χ0n) is 11.2. The molecule has 1 unspecified atom stereocenters. The predicted octanol–water partition coefficient (Wildman–Crippen LogP) is 3.34. The Morgan fingerprint density at radius 3 is 2.67 bits per heavy atom. The second-order valence-electron chi connectivity index (χ2n) is 4.91. The largest absolute Gasteiger partial charge is 0.329 e. The quantitative estimate of drug-likeness (QED) is 0.921. The van der Waals surface area contributed by atoms with Gasteiger partial charge in [-0.1, -0.05) is 31.5 Å². The van der Waals surface area contributed by atoms with Crippen LogP contribution in [0.2, 0.25) is 5.02 Å². The van der Waals surface area contributed by atoms with E-state index < -0.39 is 0 Å². The molecule has 0 amide bonds. The molecule has 2 rings (SSSR count). The van der Waals surface area contributed by atoms with Crippen molar-refractivity contribution < 1.29 is 0 Å². The van der Waals surface area contributed by atoms with Gasteiger partial charge in [-0.15, -0.1) is 0 Å². The van der Waals surface area contributed by atoms with Gasteiger partial charge in [0.25, 0.3) is 0 Å². The lowest BCUT2D eigenvalue weighted by Crippen LogP contribution is -2.34. The number of aromatic nitrogens is 2. The summed E-state index contributed by atoms with van der Waals surface area (Å²) in [5.74, 6) is 1.04. The summed E-state index contributed by atoms with van der Waals surface area (Å²) in [7, 11) is 0. The van der Waals surface area contributed by atoms with E-state index in [1.54, 1.807) is 0 Å². The zero-order valence-corrected chi connectivity index (χ0v) is 12.0. The first kappa shape index (κ1) is 13.4. The fraction of sp³-hybridized carbons (Fsp3) is 0.500.